The molecule has 0 saturated heterocycles. The van der Waals surface area contributed by atoms with Crippen molar-refractivity contribution in [3.63, 3.8) is 0 Å². The fourth-order valence-electron chi connectivity index (χ4n) is 2.94. The van der Waals surface area contributed by atoms with E-state index in [1.165, 1.54) is 122 Å². The van der Waals surface area contributed by atoms with Gasteiger partial charge in [0.2, 0.25) is 0 Å². The predicted molar refractivity (Wildman–Crippen MR) is 110 cm³/mol. The van der Waals surface area contributed by atoms with Crippen LogP contribution in [0, 0.1) is 0 Å². The first-order chi connectivity index (χ1) is 11.3. The van der Waals surface area contributed by atoms with E-state index in [0.29, 0.717) is 0 Å². The van der Waals surface area contributed by atoms with E-state index in [0.717, 1.165) is 0 Å². The fourth-order valence-corrected chi connectivity index (χ4v) is 2.94. The maximum absolute atomic E-state index is 2.29. The highest BCUT2D eigenvalue weighted by Crippen LogP contribution is 2.11. The van der Waals surface area contributed by atoms with Crippen molar-refractivity contribution in [2.45, 2.75) is 150 Å². The standard InChI is InChI=1S/C14H30.C9H20/c1-3-5-7-9-11-13-14-12-10-8-6-4-2;1-3-5-7-9-8-6-4-2/h3-14H2,1-2H3;3-9H2,1-2H3. The van der Waals surface area contributed by atoms with Gasteiger partial charge >= 0.3 is 0 Å². The van der Waals surface area contributed by atoms with Crippen LogP contribution in [0.5, 0.6) is 0 Å². The van der Waals surface area contributed by atoms with Crippen molar-refractivity contribution in [2.75, 3.05) is 0 Å². The summed E-state index contributed by atoms with van der Waals surface area (Å²) >= 11 is 0. The molecule has 0 amide bonds. The Morgan fingerprint density at radius 1 is 0.217 bits per heavy atom. The Hall–Kier alpha value is 0. The summed E-state index contributed by atoms with van der Waals surface area (Å²) in [5.41, 5.74) is 0. The van der Waals surface area contributed by atoms with E-state index in [1.807, 2.05) is 0 Å². The molecule has 0 heterocycles. The van der Waals surface area contributed by atoms with E-state index < -0.39 is 0 Å². The Balaban J connectivity index is 0. The van der Waals surface area contributed by atoms with Gasteiger partial charge in [-0.2, -0.15) is 0 Å². The van der Waals surface area contributed by atoms with Crippen LogP contribution in [0.25, 0.3) is 0 Å². The lowest BCUT2D eigenvalue weighted by Gasteiger charge is -2.01. The van der Waals surface area contributed by atoms with Gasteiger partial charge in [-0.05, 0) is 0 Å². The van der Waals surface area contributed by atoms with E-state index in [2.05, 4.69) is 27.7 Å². The molecule has 0 radical (unpaired) electrons. The fraction of sp³-hybridized carbons (Fsp3) is 1.00. The Morgan fingerprint density at radius 3 is 0.478 bits per heavy atom. The zero-order valence-corrected chi connectivity index (χ0v) is 17.4. The van der Waals surface area contributed by atoms with Crippen LogP contribution < -0.4 is 0 Å². The first-order valence-electron chi connectivity index (χ1n) is 11.3. The molecule has 0 heteroatoms. The molecular weight excluding hydrogens is 276 g/mol. The van der Waals surface area contributed by atoms with Crippen molar-refractivity contribution in [2.24, 2.45) is 0 Å². The molecule has 0 spiro atoms. The quantitative estimate of drug-likeness (QED) is 0.233. The van der Waals surface area contributed by atoms with Crippen molar-refractivity contribution in [1.82, 2.24) is 0 Å². The van der Waals surface area contributed by atoms with Gasteiger partial charge in [-0.15, -0.1) is 0 Å². The SMILES string of the molecule is CCCCCCCCC.CCCCCCCCCCCCCC. The largest absolute Gasteiger partial charge is 0.0654 e. The Kier molecular flexibility index (Phi) is 29.5. The molecule has 142 valence electrons. The van der Waals surface area contributed by atoms with Gasteiger partial charge in [-0.25, -0.2) is 0 Å². The summed E-state index contributed by atoms with van der Waals surface area (Å²) in [6.45, 7) is 9.10. The maximum Gasteiger partial charge on any atom is -0.0533 e. The minimum absolute atomic E-state index is 1.37. The van der Waals surface area contributed by atoms with Crippen molar-refractivity contribution in [1.29, 1.82) is 0 Å². The van der Waals surface area contributed by atoms with Crippen LogP contribution in [0.4, 0.5) is 0 Å². The summed E-state index contributed by atoms with van der Waals surface area (Å²) in [7, 11) is 0. The zero-order valence-electron chi connectivity index (χ0n) is 17.4. The second kappa shape index (κ2) is 26.9. The van der Waals surface area contributed by atoms with Crippen molar-refractivity contribution < 1.29 is 0 Å². The maximum atomic E-state index is 2.29. The third-order valence-corrected chi connectivity index (χ3v) is 4.66. The van der Waals surface area contributed by atoms with Crippen molar-refractivity contribution in [3.8, 4) is 0 Å². The lowest BCUT2D eigenvalue weighted by molar-refractivity contribution is 0.548. The number of unbranched alkanes of at least 4 members (excludes halogenated alkanes) is 17. The van der Waals surface area contributed by atoms with Crippen LogP contribution in [0.1, 0.15) is 150 Å². The van der Waals surface area contributed by atoms with Crippen LogP contribution in [0.3, 0.4) is 0 Å². The molecule has 0 unspecified atom stereocenters. The highest BCUT2D eigenvalue weighted by molar-refractivity contribution is 4.47. The van der Waals surface area contributed by atoms with Crippen LogP contribution in [-0.2, 0) is 0 Å². The summed E-state index contributed by atoms with van der Waals surface area (Å²) in [5.74, 6) is 0. The minimum Gasteiger partial charge on any atom is -0.0654 e. The average molecular weight is 327 g/mol. The summed E-state index contributed by atoms with van der Waals surface area (Å²) < 4.78 is 0. The van der Waals surface area contributed by atoms with Gasteiger partial charge in [0.15, 0.2) is 0 Å². The van der Waals surface area contributed by atoms with E-state index in [4.69, 9.17) is 0 Å². The van der Waals surface area contributed by atoms with E-state index in [-0.39, 0.29) is 0 Å². The molecular formula is C23H50. The molecule has 0 aliphatic carbocycles. The van der Waals surface area contributed by atoms with Gasteiger partial charge in [0, 0.05) is 0 Å². The van der Waals surface area contributed by atoms with Gasteiger partial charge in [-0.3, -0.25) is 0 Å². The molecule has 0 aromatic carbocycles. The molecule has 0 nitrogen and oxygen atoms in total. The number of rotatable bonds is 17. The normalized spacial score (nSPS) is 10.4. The molecule has 0 N–H and O–H groups in total. The van der Waals surface area contributed by atoms with Crippen LogP contribution in [-0.4, -0.2) is 0 Å². The highest BCUT2D eigenvalue weighted by atomic mass is 14.0. The van der Waals surface area contributed by atoms with Crippen LogP contribution in [0.2, 0.25) is 0 Å². The number of hydrogen-bond acceptors (Lipinski definition) is 0. The first kappa shape index (κ1) is 25.2. The molecule has 0 rings (SSSR count). The third-order valence-electron chi connectivity index (χ3n) is 4.66. The first-order valence-corrected chi connectivity index (χ1v) is 11.3. The lowest BCUT2D eigenvalue weighted by Crippen LogP contribution is -1.81. The predicted octanol–water partition coefficient (Wildman–Crippen LogP) is 9.46. The number of hydrogen-bond donors (Lipinski definition) is 0. The highest BCUT2D eigenvalue weighted by Gasteiger charge is 1.91. The third kappa shape index (κ3) is 30.4. The molecule has 0 saturated carbocycles. The average Bonchev–Trinajstić information content (AvgIpc) is 2.57. The second-order valence-corrected chi connectivity index (χ2v) is 7.30. The van der Waals surface area contributed by atoms with E-state index in [9.17, 15) is 0 Å². The molecule has 0 fully saturated rings. The smallest absolute Gasteiger partial charge is 0.0533 e. The molecule has 23 heavy (non-hydrogen) atoms. The Morgan fingerprint density at radius 2 is 0.348 bits per heavy atom. The van der Waals surface area contributed by atoms with E-state index in [1.54, 1.807) is 0 Å². The molecule has 0 atom stereocenters. The molecule has 0 aromatic heterocycles. The molecule has 0 aromatic rings. The zero-order chi connectivity index (χ0) is 17.4. The molecule has 0 bridgehead atoms. The molecule has 0 aliphatic rings. The van der Waals surface area contributed by atoms with E-state index >= 15 is 0 Å². The summed E-state index contributed by atoms with van der Waals surface area (Å²) in [6.07, 6.45) is 27.4. The van der Waals surface area contributed by atoms with Gasteiger partial charge < -0.3 is 0 Å². The van der Waals surface area contributed by atoms with Crippen LogP contribution in [0.15, 0.2) is 0 Å². The van der Waals surface area contributed by atoms with Gasteiger partial charge in [0.1, 0.15) is 0 Å². The second-order valence-electron chi connectivity index (χ2n) is 7.30. The topological polar surface area (TPSA) is 0 Å². The Labute approximate surface area is 150 Å². The monoisotopic (exact) mass is 326 g/mol. The molecule has 0 aliphatic heterocycles. The van der Waals surface area contributed by atoms with Gasteiger partial charge in [0.25, 0.3) is 0 Å². The van der Waals surface area contributed by atoms with Gasteiger partial charge in [0.05, 0.1) is 0 Å². The lowest BCUT2D eigenvalue weighted by atomic mass is 10.1. The summed E-state index contributed by atoms with van der Waals surface area (Å²) in [5, 5.41) is 0. The summed E-state index contributed by atoms with van der Waals surface area (Å²) in [6, 6.07) is 0. The van der Waals surface area contributed by atoms with Crippen LogP contribution >= 0.6 is 0 Å². The minimum atomic E-state index is 1.37. The van der Waals surface area contributed by atoms with Crippen molar-refractivity contribution in [3.05, 3.63) is 0 Å². The van der Waals surface area contributed by atoms with Gasteiger partial charge in [-0.1, -0.05) is 150 Å². The summed E-state index contributed by atoms with van der Waals surface area (Å²) in [4.78, 5) is 0. The van der Waals surface area contributed by atoms with Crippen molar-refractivity contribution >= 4 is 0 Å². The Bertz CT molecular complexity index is 143.